The van der Waals surface area contributed by atoms with Crippen molar-refractivity contribution < 1.29 is 18.0 Å². The summed E-state index contributed by atoms with van der Waals surface area (Å²) in [6.45, 7) is 0.224. The van der Waals surface area contributed by atoms with Gasteiger partial charge < -0.3 is 5.73 Å². The van der Waals surface area contributed by atoms with Gasteiger partial charge >= 0.3 is 6.18 Å². The molecule has 0 fully saturated rings. The fourth-order valence-corrected chi connectivity index (χ4v) is 2.47. The number of fused-ring (bicyclic) bond motifs is 1. The number of primary amides is 1. The topological polar surface area (TPSA) is 55.5 Å². The lowest BCUT2D eigenvalue weighted by molar-refractivity contribution is -0.137. The molecule has 1 aliphatic heterocycles. The van der Waals surface area contributed by atoms with Crippen LogP contribution in [0.3, 0.4) is 0 Å². The van der Waals surface area contributed by atoms with Crippen molar-refractivity contribution in [3.63, 3.8) is 0 Å². The standard InChI is InChI=1S/C16H11F3N2O/c17-16(18,19)12-5-11-7-21-8-14(11)13(6-12)9-2-1-3-10(4-9)15(20)22/h1-6,8H,7H2,(H2,20,22). The summed E-state index contributed by atoms with van der Waals surface area (Å²) in [6, 6.07) is 8.45. The van der Waals surface area contributed by atoms with Crippen LogP contribution in [0.2, 0.25) is 0 Å². The van der Waals surface area contributed by atoms with E-state index in [1.165, 1.54) is 12.1 Å². The predicted molar refractivity (Wildman–Crippen MR) is 76.7 cm³/mol. The van der Waals surface area contributed by atoms with Gasteiger partial charge in [0.25, 0.3) is 0 Å². The number of hydrogen-bond donors (Lipinski definition) is 1. The van der Waals surface area contributed by atoms with Crippen molar-refractivity contribution in [1.29, 1.82) is 0 Å². The highest BCUT2D eigenvalue weighted by molar-refractivity contribution is 5.97. The largest absolute Gasteiger partial charge is 0.416 e. The first-order valence-electron chi connectivity index (χ1n) is 6.50. The molecule has 6 heteroatoms. The molecule has 1 aliphatic rings. The molecule has 2 aromatic rings. The Morgan fingerprint density at radius 2 is 1.95 bits per heavy atom. The second-order valence-corrected chi connectivity index (χ2v) is 5.01. The fraction of sp³-hybridized carbons (Fsp3) is 0.125. The Bertz CT molecular complexity index is 794. The summed E-state index contributed by atoms with van der Waals surface area (Å²) < 4.78 is 39.1. The minimum absolute atomic E-state index is 0.224. The van der Waals surface area contributed by atoms with Gasteiger partial charge in [-0.25, -0.2) is 0 Å². The van der Waals surface area contributed by atoms with Crippen LogP contribution in [0.4, 0.5) is 13.2 Å². The molecule has 1 heterocycles. The van der Waals surface area contributed by atoms with Crippen molar-refractivity contribution >= 4 is 12.1 Å². The van der Waals surface area contributed by atoms with E-state index >= 15 is 0 Å². The Morgan fingerprint density at radius 1 is 1.18 bits per heavy atom. The molecule has 22 heavy (non-hydrogen) atoms. The first-order valence-corrected chi connectivity index (χ1v) is 6.50. The maximum atomic E-state index is 13.0. The lowest BCUT2D eigenvalue weighted by Crippen LogP contribution is -2.11. The van der Waals surface area contributed by atoms with Gasteiger partial charge in [0.1, 0.15) is 0 Å². The van der Waals surface area contributed by atoms with E-state index in [9.17, 15) is 18.0 Å². The Morgan fingerprint density at radius 3 is 2.64 bits per heavy atom. The first-order chi connectivity index (χ1) is 10.4. The summed E-state index contributed by atoms with van der Waals surface area (Å²) in [5.74, 6) is -0.626. The zero-order chi connectivity index (χ0) is 15.9. The molecule has 1 amide bonds. The number of halogens is 3. The molecule has 112 valence electrons. The third-order valence-corrected chi connectivity index (χ3v) is 3.53. The van der Waals surface area contributed by atoms with E-state index in [4.69, 9.17) is 5.73 Å². The number of aliphatic imine (C=N–C) groups is 1. The first kappa shape index (κ1) is 14.3. The summed E-state index contributed by atoms with van der Waals surface area (Å²) in [5, 5.41) is 0. The fourth-order valence-electron chi connectivity index (χ4n) is 2.47. The lowest BCUT2D eigenvalue weighted by atomic mass is 9.93. The van der Waals surface area contributed by atoms with Crippen LogP contribution in [-0.4, -0.2) is 12.1 Å². The highest BCUT2D eigenvalue weighted by atomic mass is 19.4. The average Bonchev–Trinajstić information content (AvgIpc) is 2.93. The SMILES string of the molecule is NC(=O)c1cccc(-c2cc(C(F)(F)F)cc3c2C=NC3)c1. The van der Waals surface area contributed by atoms with Crippen LogP contribution in [0.1, 0.15) is 27.0 Å². The summed E-state index contributed by atoms with van der Waals surface area (Å²) in [7, 11) is 0. The molecule has 0 radical (unpaired) electrons. The van der Waals surface area contributed by atoms with Gasteiger partial charge in [-0.05, 0) is 41.0 Å². The third-order valence-electron chi connectivity index (χ3n) is 3.53. The molecule has 0 unspecified atom stereocenters. The number of carbonyl (C=O) groups is 1. The zero-order valence-corrected chi connectivity index (χ0v) is 11.3. The number of benzene rings is 2. The van der Waals surface area contributed by atoms with E-state index in [1.807, 2.05) is 0 Å². The lowest BCUT2D eigenvalue weighted by Gasteiger charge is -2.13. The van der Waals surface area contributed by atoms with Crippen LogP contribution in [0.15, 0.2) is 41.4 Å². The van der Waals surface area contributed by atoms with Gasteiger partial charge in [0.05, 0.1) is 12.1 Å². The minimum atomic E-state index is -4.44. The molecule has 2 N–H and O–H groups in total. The van der Waals surface area contributed by atoms with E-state index in [2.05, 4.69) is 4.99 Å². The molecule has 0 aliphatic carbocycles. The smallest absolute Gasteiger partial charge is 0.366 e. The monoisotopic (exact) mass is 304 g/mol. The molecular formula is C16H11F3N2O. The van der Waals surface area contributed by atoms with Crippen LogP contribution >= 0.6 is 0 Å². The number of hydrogen-bond acceptors (Lipinski definition) is 2. The van der Waals surface area contributed by atoms with E-state index in [-0.39, 0.29) is 12.1 Å². The highest BCUT2D eigenvalue weighted by Crippen LogP contribution is 2.37. The normalized spacial score (nSPS) is 13.2. The molecule has 2 aromatic carbocycles. The van der Waals surface area contributed by atoms with Crippen molar-refractivity contribution in [3.8, 4) is 11.1 Å². The Labute approximate surface area is 124 Å². The van der Waals surface area contributed by atoms with Crippen LogP contribution < -0.4 is 5.73 Å². The van der Waals surface area contributed by atoms with Gasteiger partial charge in [-0.3, -0.25) is 9.79 Å². The molecule has 0 spiro atoms. The minimum Gasteiger partial charge on any atom is -0.366 e. The molecule has 0 saturated heterocycles. The molecule has 0 aromatic heterocycles. The summed E-state index contributed by atoms with van der Waals surface area (Å²) in [5.41, 5.74) is 6.82. The summed E-state index contributed by atoms with van der Waals surface area (Å²) in [4.78, 5) is 15.3. The van der Waals surface area contributed by atoms with Gasteiger partial charge in [0.2, 0.25) is 5.91 Å². The molecule has 3 rings (SSSR count). The molecule has 0 atom stereocenters. The Kier molecular flexibility index (Phi) is 3.24. The number of nitrogens with two attached hydrogens (primary N) is 1. The zero-order valence-electron chi connectivity index (χ0n) is 11.3. The van der Waals surface area contributed by atoms with Gasteiger partial charge in [0, 0.05) is 17.3 Å². The van der Waals surface area contributed by atoms with Crippen LogP contribution in [0, 0.1) is 0 Å². The van der Waals surface area contributed by atoms with E-state index in [0.717, 1.165) is 12.1 Å². The Hall–Kier alpha value is -2.63. The van der Waals surface area contributed by atoms with Crippen LogP contribution in [-0.2, 0) is 12.7 Å². The van der Waals surface area contributed by atoms with Crippen molar-refractivity contribution in [2.24, 2.45) is 10.7 Å². The van der Waals surface area contributed by atoms with Gasteiger partial charge in [0.15, 0.2) is 0 Å². The van der Waals surface area contributed by atoms with E-state index in [0.29, 0.717) is 22.3 Å². The summed E-state index contributed by atoms with van der Waals surface area (Å²) >= 11 is 0. The van der Waals surface area contributed by atoms with Crippen molar-refractivity contribution in [3.05, 3.63) is 58.7 Å². The number of amides is 1. The predicted octanol–water partition coefficient (Wildman–Crippen LogP) is 3.40. The maximum Gasteiger partial charge on any atom is 0.416 e. The van der Waals surface area contributed by atoms with Gasteiger partial charge in [-0.1, -0.05) is 12.1 Å². The third kappa shape index (κ3) is 2.47. The quantitative estimate of drug-likeness (QED) is 0.908. The maximum absolute atomic E-state index is 13.0. The average molecular weight is 304 g/mol. The number of nitrogens with zero attached hydrogens (tertiary/aromatic N) is 1. The molecular weight excluding hydrogens is 293 g/mol. The summed E-state index contributed by atoms with van der Waals surface area (Å²) in [6.07, 6.45) is -2.88. The van der Waals surface area contributed by atoms with Crippen molar-refractivity contribution in [1.82, 2.24) is 0 Å². The second-order valence-electron chi connectivity index (χ2n) is 5.01. The van der Waals surface area contributed by atoms with Crippen LogP contribution in [0.5, 0.6) is 0 Å². The number of alkyl halides is 3. The Balaban J connectivity index is 2.22. The second kappa shape index (κ2) is 4.98. The molecule has 0 saturated carbocycles. The van der Waals surface area contributed by atoms with Crippen LogP contribution in [0.25, 0.3) is 11.1 Å². The number of carbonyl (C=O) groups excluding carboxylic acids is 1. The van der Waals surface area contributed by atoms with Gasteiger partial charge in [-0.15, -0.1) is 0 Å². The van der Waals surface area contributed by atoms with Crippen molar-refractivity contribution in [2.75, 3.05) is 0 Å². The van der Waals surface area contributed by atoms with E-state index < -0.39 is 17.6 Å². The van der Waals surface area contributed by atoms with Gasteiger partial charge in [-0.2, -0.15) is 13.2 Å². The molecule has 0 bridgehead atoms. The van der Waals surface area contributed by atoms with E-state index in [1.54, 1.807) is 18.3 Å². The number of rotatable bonds is 2. The molecule has 3 nitrogen and oxygen atoms in total. The highest BCUT2D eigenvalue weighted by Gasteiger charge is 2.32. The van der Waals surface area contributed by atoms with Crippen molar-refractivity contribution in [2.45, 2.75) is 12.7 Å².